The van der Waals surface area contributed by atoms with Crippen LogP contribution in [0.4, 0.5) is 0 Å². The lowest BCUT2D eigenvalue weighted by Crippen LogP contribution is -2.40. The van der Waals surface area contributed by atoms with Crippen LogP contribution in [0.1, 0.15) is 11.1 Å². The highest BCUT2D eigenvalue weighted by atomic mass is 28.4. The molecule has 0 aliphatic heterocycles. The smallest absolute Gasteiger partial charge is 0.374 e. The van der Waals surface area contributed by atoms with Crippen LogP contribution >= 0.6 is 0 Å². The van der Waals surface area contributed by atoms with Gasteiger partial charge in [-0.2, -0.15) is 0 Å². The summed E-state index contributed by atoms with van der Waals surface area (Å²) >= 11 is 0. The average molecular weight is 296 g/mol. The maximum atomic E-state index is 5.43. The van der Waals surface area contributed by atoms with Crippen molar-refractivity contribution in [3.8, 4) is 0 Å². The van der Waals surface area contributed by atoms with E-state index < -0.39 is 8.80 Å². The number of nitrogens with two attached hydrogens (primary N) is 1. The summed E-state index contributed by atoms with van der Waals surface area (Å²) in [5.74, 6) is 0. The van der Waals surface area contributed by atoms with Crippen molar-refractivity contribution in [2.75, 3.05) is 34.4 Å². The number of benzene rings is 1. The minimum absolute atomic E-state index is 0.651. The summed E-state index contributed by atoms with van der Waals surface area (Å²) < 4.78 is 16.0. The second-order valence-electron chi connectivity index (χ2n) is 4.26. The molecule has 0 radical (unpaired) electrons. The van der Waals surface area contributed by atoms with Gasteiger partial charge >= 0.3 is 8.80 Å². The van der Waals surface area contributed by atoms with E-state index in [0.717, 1.165) is 18.7 Å². The third-order valence-electron chi connectivity index (χ3n) is 2.96. The molecule has 0 unspecified atom stereocenters. The van der Waals surface area contributed by atoms with Crippen molar-refractivity contribution < 1.29 is 13.3 Å². The molecule has 1 aromatic carbocycles. The standard InChI is InChI=1S/C14H24N2O3Si/c1-17-20(18-2,19-3)11-8-13-4-6-14(7-5-13)12-16-10-9-15/h4-8,11,16H,9-10,12,15H2,1-3H3. The SMILES string of the molecule is CO[Si](C=Cc1ccc(CNCCN)cc1)(OC)OC. The highest BCUT2D eigenvalue weighted by Gasteiger charge is 2.34. The molecule has 3 N–H and O–H groups in total. The monoisotopic (exact) mass is 296 g/mol. The number of rotatable bonds is 9. The Hall–Kier alpha value is -1.02. The predicted octanol–water partition coefficient (Wildman–Crippen LogP) is 1.17. The fourth-order valence-corrected chi connectivity index (χ4v) is 3.04. The molecular formula is C14H24N2O3Si. The summed E-state index contributed by atoms with van der Waals surface area (Å²) in [6.07, 6.45) is 1.96. The van der Waals surface area contributed by atoms with Crippen LogP contribution < -0.4 is 11.1 Å². The Morgan fingerprint density at radius 2 is 1.70 bits per heavy atom. The van der Waals surface area contributed by atoms with E-state index in [-0.39, 0.29) is 0 Å². The zero-order chi connectivity index (χ0) is 14.8. The molecule has 0 fully saturated rings. The van der Waals surface area contributed by atoms with Crippen molar-refractivity contribution in [3.63, 3.8) is 0 Å². The lowest BCUT2D eigenvalue weighted by molar-refractivity contribution is 0.139. The Morgan fingerprint density at radius 3 is 2.20 bits per heavy atom. The Kier molecular flexibility index (Phi) is 7.67. The molecular weight excluding hydrogens is 272 g/mol. The van der Waals surface area contributed by atoms with E-state index in [9.17, 15) is 0 Å². The number of nitrogens with one attached hydrogen (secondary N) is 1. The minimum atomic E-state index is -2.65. The Balaban J connectivity index is 2.64. The molecule has 0 atom stereocenters. The summed E-state index contributed by atoms with van der Waals surface area (Å²) in [4.78, 5) is 0. The van der Waals surface area contributed by atoms with Crippen LogP contribution in [-0.4, -0.2) is 43.2 Å². The predicted molar refractivity (Wildman–Crippen MR) is 83.0 cm³/mol. The second kappa shape index (κ2) is 9.01. The van der Waals surface area contributed by atoms with Crippen molar-refractivity contribution in [2.45, 2.75) is 6.54 Å². The van der Waals surface area contributed by atoms with Gasteiger partial charge in [-0.1, -0.05) is 30.3 Å². The van der Waals surface area contributed by atoms with Crippen LogP contribution in [-0.2, 0) is 19.8 Å². The number of hydrogen-bond acceptors (Lipinski definition) is 5. The van der Waals surface area contributed by atoms with E-state index in [1.54, 1.807) is 21.3 Å². The van der Waals surface area contributed by atoms with Gasteiger partial charge in [-0.25, -0.2) is 0 Å². The van der Waals surface area contributed by atoms with Crippen LogP contribution in [0.2, 0.25) is 0 Å². The molecule has 5 nitrogen and oxygen atoms in total. The van der Waals surface area contributed by atoms with E-state index in [0.29, 0.717) is 6.54 Å². The highest BCUT2D eigenvalue weighted by molar-refractivity contribution is 6.66. The molecule has 0 saturated heterocycles. The average Bonchev–Trinajstić information content (AvgIpc) is 2.51. The van der Waals surface area contributed by atoms with E-state index in [4.69, 9.17) is 19.0 Å². The van der Waals surface area contributed by atoms with Crippen molar-refractivity contribution >= 4 is 14.9 Å². The van der Waals surface area contributed by atoms with Gasteiger partial charge in [0.2, 0.25) is 0 Å². The van der Waals surface area contributed by atoms with Crippen molar-refractivity contribution in [1.82, 2.24) is 5.32 Å². The van der Waals surface area contributed by atoms with Gasteiger partial charge < -0.3 is 24.3 Å². The first-order chi connectivity index (χ1) is 9.69. The van der Waals surface area contributed by atoms with Gasteiger partial charge in [-0.3, -0.25) is 0 Å². The van der Waals surface area contributed by atoms with E-state index in [1.165, 1.54) is 5.56 Å². The van der Waals surface area contributed by atoms with Crippen LogP contribution in [0, 0.1) is 0 Å². The van der Waals surface area contributed by atoms with Crippen molar-refractivity contribution in [3.05, 3.63) is 41.1 Å². The third-order valence-corrected chi connectivity index (χ3v) is 5.25. The summed E-state index contributed by atoms with van der Waals surface area (Å²) in [5, 5.41) is 3.26. The molecule has 1 aromatic rings. The maximum absolute atomic E-state index is 5.43. The van der Waals surface area contributed by atoms with Gasteiger partial charge in [-0.05, 0) is 16.8 Å². The highest BCUT2D eigenvalue weighted by Crippen LogP contribution is 2.12. The van der Waals surface area contributed by atoms with Crippen molar-refractivity contribution in [2.24, 2.45) is 5.73 Å². The zero-order valence-corrected chi connectivity index (χ0v) is 13.4. The minimum Gasteiger partial charge on any atom is -0.374 e. The van der Waals surface area contributed by atoms with Crippen LogP contribution in [0.5, 0.6) is 0 Å². The molecule has 0 saturated carbocycles. The van der Waals surface area contributed by atoms with Gasteiger partial charge in [0.15, 0.2) is 0 Å². The van der Waals surface area contributed by atoms with Gasteiger partial charge in [0.05, 0.1) is 0 Å². The molecule has 0 heterocycles. The Bertz CT molecular complexity index is 397. The molecule has 0 spiro atoms. The van der Waals surface area contributed by atoms with Gasteiger partial charge in [0, 0.05) is 41.0 Å². The fraction of sp³-hybridized carbons (Fsp3) is 0.429. The molecule has 112 valence electrons. The molecule has 0 bridgehead atoms. The summed E-state index contributed by atoms with van der Waals surface area (Å²) in [6, 6.07) is 8.27. The van der Waals surface area contributed by atoms with Gasteiger partial charge in [-0.15, -0.1) is 0 Å². The first-order valence-corrected chi connectivity index (χ1v) is 8.34. The van der Waals surface area contributed by atoms with Gasteiger partial charge in [0.25, 0.3) is 0 Å². The lowest BCUT2D eigenvalue weighted by Gasteiger charge is -2.20. The molecule has 6 heteroatoms. The Labute approximate surface area is 122 Å². The largest absolute Gasteiger partial charge is 0.528 e. The van der Waals surface area contributed by atoms with Crippen LogP contribution in [0.3, 0.4) is 0 Å². The zero-order valence-electron chi connectivity index (χ0n) is 12.4. The van der Waals surface area contributed by atoms with Crippen molar-refractivity contribution in [1.29, 1.82) is 0 Å². The van der Waals surface area contributed by atoms with E-state index in [1.807, 2.05) is 11.8 Å². The second-order valence-corrected chi connectivity index (χ2v) is 7.02. The maximum Gasteiger partial charge on any atom is 0.528 e. The molecule has 0 aliphatic carbocycles. The lowest BCUT2D eigenvalue weighted by atomic mass is 10.1. The third kappa shape index (κ3) is 5.16. The van der Waals surface area contributed by atoms with E-state index in [2.05, 4.69) is 29.6 Å². The normalized spacial score (nSPS) is 12.2. The van der Waals surface area contributed by atoms with Crippen LogP contribution in [0.25, 0.3) is 6.08 Å². The number of hydrogen-bond donors (Lipinski definition) is 2. The Morgan fingerprint density at radius 1 is 1.10 bits per heavy atom. The fourth-order valence-electron chi connectivity index (χ4n) is 1.73. The molecule has 0 aromatic heterocycles. The van der Waals surface area contributed by atoms with Gasteiger partial charge in [0.1, 0.15) is 0 Å². The van der Waals surface area contributed by atoms with Crippen LogP contribution in [0.15, 0.2) is 30.0 Å². The first-order valence-electron chi connectivity index (χ1n) is 6.54. The first kappa shape index (κ1) is 17.0. The topological polar surface area (TPSA) is 65.7 Å². The van der Waals surface area contributed by atoms with E-state index >= 15 is 0 Å². The quantitative estimate of drug-likeness (QED) is 0.529. The summed E-state index contributed by atoms with van der Waals surface area (Å²) in [6.45, 7) is 2.30. The summed E-state index contributed by atoms with van der Waals surface area (Å²) in [7, 11) is 2.13. The molecule has 0 amide bonds. The molecule has 0 aliphatic rings. The molecule has 20 heavy (non-hydrogen) atoms. The molecule has 1 rings (SSSR count). The summed E-state index contributed by atoms with van der Waals surface area (Å²) in [5.41, 5.74) is 9.61.